The second kappa shape index (κ2) is 7.51. The van der Waals surface area contributed by atoms with Gasteiger partial charge in [0.15, 0.2) is 0 Å². The summed E-state index contributed by atoms with van der Waals surface area (Å²) in [6.45, 7) is 1.67. The fraction of sp³-hybridized carbons (Fsp3) is 0.500. The van der Waals surface area contributed by atoms with Crippen molar-refractivity contribution in [3.63, 3.8) is 0 Å². The maximum absolute atomic E-state index is 12.8. The molecule has 0 aromatic heterocycles. The molecule has 1 saturated heterocycles. The van der Waals surface area contributed by atoms with E-state index >= 15 is 0 Å². The van der Waals surface area contributed by atoms with E-state index in [1.165, 1.54) is 24.3 Å². The monoisotopic (exact) mass is 408 g/mol. The number of carbonyl (C=O) groups is 3. The molecule has 4 N–H and O–H groups in total. The lowest BCUT2D eigenvalue weighted by molar-refractivity contribution is -0.135. The number of nitrogens with two attached hydrogens (primary N) is 1. The summed E-state index contributed by atoms with van der Waals surface area (Å²) in [7, 11) is -3.91. The Hall–Kier alpha value is -2.46. The van der Waals surface area contributed by atoms with Crippen LogP contribution in [0.5, 0.6) is 0 Å². The molecule has 0 radical (unpaired) electrons. The molecule has 2 aliphatic rings. The molecule has 1 aliphatic carbocycles. The molecule has 0 atom stereocenters. The Balaban J connectivity index is 1.66. The fourth-order valence-corrected chi connectivity index (χ4v) is 4.39. The topological polar surface area (TPSA) is 139 Å². The highest BCUT2D eigenvalue weighted by Crippen LogP contribution is 2.37. The third-order valence-corrected chi connectivity index (χ3v) is 6.44. The summed E-state index contributed by atoms with van der Waals surface area (Å²) < 4.78 is 22.8. The van der Waals surface area contributed by atoms with Gasteiger partial charge in [-0.15, -0.1) is 0 Å². The molecule has 28 heavy (non-hydrogen) atoms. The lowest BCUT2D eigenvalue weighted by Crippen LogP contribution is -2.49. The van der Waals surface area contributed by atoms with Gasteiger partial charge in [0.05, 0.1) is 4.90 Å². The summed E-state index contributed by atoms with van der Waals surface area (Å²) >= 11 is 0. The van der Waals surface area contributed by atoms with E-state index < -0.39 is 34.0 Å². The molecule has 1 aliphatic heterocycles. The van der Waals surface area contributed by atoms with Gasteiger partial charge in [0.2, 0.25) is 15.9 Å². The molecule has 1 aromatic rings. The van der Waals surface area contributed by atoms with Gasteiger partial charge in [-0.1, -0.05) is 19.4 Å². The molecule has 4 amide bonds. The summed E-state index contributed by atoms with van der Waals surface area (Å²) in [5, 5.41) is 10.3. The maximum Gasteiger partial charge on any atom is 0.325 e. The van der Waals surface area contributed by atoms with Crippen LogP contribution in [0.15, 0.2) is 29.2 Å². The van der Waals surface area contributed by atoms with Crippen molar-refractivity contribution in [2.45, 2.75) is 49.5 Å². The van der Waals surface area contributed by atoms with Crippen LogP contribution >= 0.6 is 0 Å². The lowest BCUT2D eigenvalue weighted by Gasteiger charge is -2.34. The number of urea groups is 1. The SMILES string of the molecule is CCC1CCC2(CC1)NC(=O)N(CC(=O)Nc1cccc(S(N)(=O)=O)c1)C2=O. The molecule has 1 aromatic carbocycles. The fourth-order valence-electron chi connectivity index (χ4n) is 3.83. The van der Waals surface area contributed by atoms with Crippen LogP contribution in [0.3, 0.4) is 0 Å². The van der Waals surface area contributed by atoms with Crippen molar-refractivity contribution in [3.05, 3.63) is 24.3 Å². The number of anilines is 1. The van der Waals surface area contributed by atoms with Gasteiger partial charge < -0.3 is 10.6 Å². The summed E-state index contributed by atoms with van der Waals surface area (Å²) in [6, 6.07) is 4.87. The molecule has 1 heterocycles. The number of sulfonamides is 1. The molecule has 3 rings (SSSR count). The Labute approximate surface area is 163 Å². The van der Waals surface area contributed by atoms with E-state index in [0.717, 1.165) is 24.2 Å². The number of primary sulfonamides is 1. The predicted molar refractivity (Wildman–Crippen MR) is 102 cm³/mol. The highest BCUT2D eigenvalue weighted by atomic mass is 32.2. The minimum Gasteiger partial charge on any atom is -0.324 e. The second-order valence-electron chi connectivity index (χ2n) is 7.38. The first kappa shape index (κ1) is 20.3. The third kappa shape index (κ3) is 4.02. The van der Waals surface area contributed by atoms with Crippen LogP contribution in [0.25, 0.3) is 0 Å². The number of benzene rings is 1. The van der Waals surface area contributed by atoms with Crippen molar-refractivity contribution in [2.75, 3.05) is 11.9 Å². The Morgan fingerprint density at radius 1 is 1.32 bits per heavy atom. The van der Waals surface area contributed by atoms with Gasteiger partial charge in [-0.05, 0) is 49.8 Å². The van der Waals surface area contributed by atoms with Gasteiger partial charge in [0, 0.05) is 5.69 Å². The molecule has 2 fully saturated rings. The first-order valence-corrected chi connectivity index (χ1v) is 10.8. The van der Waals surface area contributed by atoms with Gasteiger partial charge in [-0.3, -0.25) is 14.5 Å². The number of amides is 4. The van der Waals surface area contributed by atoms with Crippen molar-refractivity contribution in [1.29, 1.82) is 0 Å². The van der Waals surface area contributed by atoms with Gasteiger partial charge in [0.1, 0.15) is 12.1 Å². The molecule has 9 nitrogen and oxygen atoms in total. The van der Waals surface area contributed by atoms with E-state index in [-0.39, 0.29) is 16.5 Å². The number of carbonyl (C=O) groups excluding carboxylic acids is 3. The summed E-state index contributed by atoms with van der Waals surface area (Å²) in [5.41, 5.74) is -0.696. The van der Waals surface area contributed by atoms with Crippen LogP contribution < -0.4 is 15.8 Å². The minimum atomic E-state index is -3.91. The van der Waals surface area contributed by atoms with Gasteiger partial charge in [-0.25, -0.2) is 18.4 Å². The summed E-state index contributed by atoms with van der Waals surface area (Å²) in [6.07, 6.45) is 3.92. The largest absolute Gasteiger partial charge is 0.325 e. The minimum absolute atomic E-state index is 0.146. The van der Waals surface area contributed by atoms with Crippen molar-refractivity contribution in [3.8, 4) is 0 Å². The molecular weight excluding hydrogens is 384 g/mol. The van der Waals surface area contributed by atoms with Crippen LogP contribution in [0.1, 0.15) is 39.0 Å². The van der Waals surface area contributed by atoms with Crippen molar-refractivity contribution in [1.82, 2.24) is 10.2 Å². The number of imide groups is 1. The molecule has 1 spiro atoms. The number of nitrogens with zero attached hydrogens (tertiary/aromatic N) is 1. The molecule has 0 unspecified atom stereocenters. The van der Waals surface area contributed by atoms with Crippen LogP contribution in [-0.4, -0.2) is 43.2 Å². The molecule has 152 valence electrons. The zero-order valence-electron chi connectivity index (χ0n) is 15.6. The third-order valence-electron chi connectivity index (χ3n) is 5.53. The zero-order valence-corrected chi connectivity index (χ0v) is 16.4. The molecular formula is C18H24N4O5S. The Kier molecular flexibility index (Phi) is 5.44. The number of rotatable bonds is 5. The summed E-state index contributed by atoms with van der Waals surface area (Å²) in [5.74, 6) is -0.423. The normalized spacial score (nSPS) is 25.1. The first-order valence-electron chi connectivity index (χ1n) is 9.21. The average molecular weight is 408 g/mol. The number of hydrogen-bond acceptors (Lipinski definition) is 5. The van der Waals surface area contributed by atoms with E-state index in [0.29, 0.717) is 18.8 Å². The van der Waals surface area contributed by atoms with Crippen molar-refractivity contribution < 1.29 is 22.8 Å². The Morgan fingerprint density at radius 3 is 2.61 bits per heavy atom. The van der Waals surface area contributed by atoms with Crippen molar-refractivity contribution in [2.24, 2.45) is 11.1 Å². The van der Waals surface area contributed by atoms with Crippen molar-refractivity contribution >= 4 is 33.6 Å². The Bertz CT molecular complexity index is 906. The van der Waals surface area contributed by atoms with Gasteiger partial charge in [-0.2, -0.15) is 0 Å². The van der Waals surface area contributed by atoms with Gasteiger partial charge in [0.25, 0.3) is 5.91 Å². The standard InChI is InChI=1S/C18H24N4O5S/c1-2-12-6-8-18(9-7-12)16(24)22(17(25)21-18)11-15(23)20-13-4-3-5-14(10-13)28(19,26)27/h3-5,10,12H,2,6-9,11H2,1H3,(H,20,23)(H,21,25)(H2,19,26,27). The predicted octanol–water partition coefficient (Wildman–Crippen LogP) is 1.16. The highest BCUT2D eigenvalue weighted by Gasteiger charge is 2.52. The molecule has 0 bridgehead atoms. The molecule has 10 heteroatoms. The zero-order chi connectivity index (χ0) is 20.5. The number of nitrogens with one attached hydrogen (secondary N) is 2. The maximum atomic E-state index is 12.8. The van der Waals surface area contributed by atoms with Gasteiger partial charge >= 0.3 is 6.03 Å². The van der Waals surface area contributed by atoms with Crippen LogP contribution in [-0.2, 0) is 19.6 Å². The van der Waals surface area contributed by atoms with E-state index in [1.54, 1.807) is 0 Å². The smallest absolute Gasteiger partial charge is 0.324 e. The molecule has 1 saturated carbocycles. The van der Waals surface area contributed by atoms with Crippen LogP contribution in [0, 0.1) is 5.92 Å². The van der Waals surface area contributed by atoms with E-state index in [2.05, 4.69) is 17.6 Å². The second-order valence-corrected chi connectivity index (χ2v) is 8.94. The number of hydrogen-bond donors (Lipinski definition) is 3. The van der Waals surface area contributed by atoms with Crippen LogP contribution in [0.4, 0.5) is 10.5 Å². The highest BCUT2D eigenvalue weighted by molar-refractivity contribution is 7.89. The van der Waals surface area contributed by atoms with Crippen LogP contribution in [0.2, 0.25) is 0 Å². The Morgan fingerprint density at radius 2 is 2.00 bits per heavy atom. The summed E-state index contributed by atoms with van der Waals surface area (Å²) in [4.78, 5) is 38.2. The average Bonchev–Trinajstić information content (AvgIpc) is 2.86. The first-order chi connectivity index (χ1) is 13.1. The quantitative estimate of drug-likeness (QED) is 0.628. The van der Waals surface area contributed by atoms with E-state index in [1.807, 2.05) is 0 Å². The van der Waals surface area contributed by atoms with E-state index in [4.69, 9.17) is 5.14 Å². The van der Waals surface area contributed by atoms with E-state index in [9.17, 15) is 22.8 Å². The lowest BCUT2D eigenvalue weighted by atomic mass is 9.75.